The molecule has 0 spiro atoms. The van der Waals surface area contributed by atoms with Crippen LogP contribution in [0.2, 0.25) is 0 Å². The van der Waals surface area contributed by atoms with Crippen LogP contribution in [0.15, 0.2) is 40.1 Å². The predicted molar refractivity (Wildman–Crippen MR) is 75.0 cm³/mol. The summed E-state index contributed by atoms with van der Waals surface area (Å²) in [6, 6.07) is 9.77. The molecule has 0 atom stereocenters. The zero-order chi connectivity index (χ0) is 13.7. The first-order chi connectivity index (χ1) is 9.24. The van der Waals surface area contributed by atoms with E-state index in [0.29, 0.717) is 18.5 Å². The van der Waals surface area contributed by atoms with Crippen LogP contribution in [0.1, 0.15) is 12.0 Å². The summed E-state index contributed by atoms with van der Waals surface area (Å²) in [5, 5.41) is 24.7. The van der Waals surface area contributed by atoms with Crippen molar-refractivity contribution in [1.82, 2.24) is 9.78 Å². The van der Waals surface area contributed by atoms with Gasteiger partial charge in [-0.2, -0.15) is 10.4 Å². The summed E-state index contributed by atoms with van der Waals surface area (Å²) >= 11 is 3.38. The fourth-order valence-corrected chi connectivity index (χ4v) is 1.97. The molecule has 0 saturated heterocycles. The number of aromatic nitrogens is 2. The van der Waals surface area contributed by atoms with Crippen molar-refractivity contribution >= 4 is 22.1 Å². The summed E-state index contributed by atoms with van der Waals surface area (Å²) in [5.41, 5.74) is 2.36. The monoisotopic (exact) mass is 318 g/mol. The molecule has 0 fully saturated rings. The molecule has 5 nitrogen and oxygen atoms in total. The molecule has 1 heterocycles. The SMILES string of the molecule is N#CCCn1cc(C=NO)c(-c2ccc(Br)cc2)n1. The maximum Gasteiger partial charge on any atom is 0.101 e. The molecule has 0 amide bonds. The van der Waals surface area contributed by atoms with Gasteiger partial charge in [-0.25, -0.2) is 0 Å². The van der Waals surface area contributed by atoms with E-state index in [1.165, 1.54) is 6.21 Å². The Morgan fingerprint density at radius 3 is 2.79 bits per heavy atom. The van der Waals surface area contributed by atoms with Crippen LogP contribution in [0.25, 0.3) is 11.3 Å². The molecule has 0 saturated carbocycles. The topological polar surface area (TPSA) is 74.2 Å². The van der Waals surface area contributed by atoms with Gasteiger partial charge in [-0.05, 0) is 12.1 Å². The van der Waals surface area contributed by atoms with Gasteiger partial charge in [-0.1, -0.05) is 33.2 Å². The number of rotatable bonds is 4. The molecule has 6 heteroatoms. The van der Waals surface area contributed by atoms with Gasteiger partial charge in [0.15, 0.2) is 0 Å². The summed E-state index contributed by atoms with van der Waals surface area (Å²) in [6.45, 7) is 0.513. The van der Waals surface area contributed by atoms with Crippen molar-refractivity contribution in [1.29, 1.82) is 5.26 Å². The lowest BCUT2D eigenvalue weighted by atomic mass is 10.1. The number of aryl methyl sites for hydroxylation is 1. The number of oxime groups is 1. The minimum Gasteiger partial charge on any atom is -0.411 e. The molecule has 2 aromatic rings. The van der Waals surface area contributed by atoms with Crippen LogP contribution >= 0.6 is 15.9 Å². The molecule has 0 aliphatic rings. The van der Waals surface area contributed by atoms with Gasteiger partial charge in [-0.15, -0.1) is 0 Å². The second-order valence-electron chi connectivity index (χ2n) is 3.86. The van der Waals surface area contributed by atoms with Gasteiger partial charge in [0.2, 0.25) is 0 Å². The Kier molecular flexibility index (Phi) is 4.31. The van der Waals surface area contributed by atoms with Crippen LogP contribution in [-0.2, 0) is 6.54 Å². The molecule has 2 rings (SSSR count). The highest BCUT2D eigenvalue weighted by molar-refractivity contribution is 9.10. The van der Waals surface area contributed by atoms with Gasteiger partial charge in [0.1, 0.15) is 5.69 Å². The van der Waals surface area contributed by atoms with E-state index in [2.05, 4.69) is 32.3 Å². The Hall–Kier alpha value is -2.13. The number of halogens is 1. The zero-order valence-electron chi connectivity index (χ0n) is 9.99. The smallest absolute Gasteiger partial charge is 0.101 e. The molecule has 0 aliphatic carbocycles. The fraction of sp³-hybridized carbons (Fsp3) is 0.154. The summed E-state index contributed by atoms with van der Waals surface area (Å²) in [7, 11) is 0. The standard InChI is InChI=1S/C13H11BrN4O/c14-12-4-2-10(3-5-12)13-11(8-16-19)9-18(17-13)7-1-6-15/h2-5,8-9,19H,1,7H2. The third-order valence-electron chi connectivity index (χ3n) is 2.56. The summed E-state index contributed by atoms with van der Waals surface area (Å²) in [5.74, 6) is 0. The number of hydrogen-bond donors (Lipinski definition) is 1. The first-order valence-corrected chi connectivity index (χ1v) is 6.41. The van der Waals surface area contributed by atoms with E-state index in [1.54, 1.807) is 10.9 Å². The molecule has 1 aromatic carbocycles. The Bertz CT molecular complexity index is 625. The Morgan fingerprint density at radius 1 is 1.42 bits per heavy atom. The molecule has 0 bridgehead atoms. The van der Waals surface area contributed by atoms with Crippen LogP contribution in [-0.4, -0.2) is 21.2 Å². The highest BCUT2D eigenvalue weighted by atomic mass is 79.9. The van der Waals surface area contributed by atoms with Crippen molar-refractivity contribution in [3.63, 3.8) is 0 Å². The third-order valence-corrected chi connectivity index (χ3v) is 3.09. The van der Waals surface area contributed by atoms with Crippen molar-refractivity contribution in [2.45, 2.75) is 13.0 Å². The summed E-state index contributed by atoms with van der Waals surface area (Å²) < 4.78 is 2.66. The lowest BCUT2D eigenvalue weighted by Crippen LogP contribution is -1.97. The average Bonchev–Trinajstić information content (AvgIpc) is 2.81. The highest BCUT2D eigenvalue weighted by Crippen LogP contribution is 2.23. The normalized spacial score (nSPS) is 10.7. The van der Waals surface area contributed by atoms with E-state index in [-0.39, 0.29) is 0 Å². The Morgan fingerprint density at radius 2 is 2.16 bits per heavy atom. The number of hydrogen-bond acceptors (Lipinski definition) is 4. The first kappa shape index (κ1) is 13.3. The minimum absolute atomic E-state index is 0.386. The largest absolute Gasteiger partial charge is 0.411 e. The molecule has 96 valence electrons. The van der Waals surface area contributed by atoms with Gasteiger partial charge in [0, 0.05) is 21.8 Å². The van der Waals surface area contributed by atoms with E-state index >= 15 is 0 Å². The van der Waals surface area contributed by atoms with Crippen molar-refractivity contribution in [3.8, 4) is 17.3 Å². The molecular formula is C13H11BrN4O. The lowest BCUT2D eigenvalue weighted by molar-refractivity contribution is 0.322. The Balaban J connectivity index is 2.40. The maximum absolute atomic E-state index is 8.69. The lowest BCUT2D eigenvalue weighted by Gasteiger charge is -1.99. The van der Waals surface area contributed by atoms with E-state index in [4.69, 9.17) is 10.5 Å². The predicted octanol–water partition coefficient (Wildman–Crippen LogP) is 3.03. The summed E-state index contributed by atoms with van der Waals surface area (Å²) in [6.07, 6.45) is 3.48. The van der Waals surface area contributed by atoms with Gasteiger partial charge in [0.05, 0.1) is 25.2 Å². The zero-order valence-corrected chi connectivity index (χ0v) is 11.6. The summed E-state index contributed by atoms with van der Waals surface area (Å²) in [4.78, 5) is 0. The van der Waals surface area contributed by atoms with Gasteiger partial charge in [-0.3, -0.25) is 4.68 Å². The molecule has 0 aliphatic heterocycles. The number of benzene rings is 1. The van der Waals surface area contributed by atoms with Gasteiger partial charge in [0.25, 0.3) is 0 Å². The van der Waals surface area contributed by atoms with Gasteiger partial charge >= 0.3 is 0 Å². The van der Waals surface area contributed by atoms with Crippen molar-refractivity contribution < 1.29 is 5.21 Å². The molecular weight excluding hydrogens is 308 g/mol. The van der Waals surface area contributed by atoms with Crippen LogP contribution in [0.3, 0.4) is 0 Å². The van der Waals surface area contributed by atoms with E-state index in [9.17, 15) is 0 Å². The minimum atomic E-state index is 0.386. The maximum atomic E-state index is 8.69. The van der Waals surface area contributed by atoms with Crippen LogP contribution in [0.4, 0.5) is 0 Å². The van der Waals surface area contributed by atoms with E-state index in [0.717, 1.165) is 15.7 Å². The number of nitriles is 1. The van der Waals surface area contributed by atoms with E-state index in [1.807, 2.05) is 24.3 Å². The van der Waals surface area contributed by atoms with Crippen LogP contribution in [0.5, 0.6) is 0 Å². The first-order valence-electron chi connectivity index (χ1n) is 5.62. The molecule has 1 N–H and O–H groups in total. The second-order valence-corrected chi connectivity index (χ2v) is 4.77. The Labute approximate surface area is 118 Å². The number of nitrogens with zero attached hydrogens (tertiary/aromatic N) is 4. The quantitative estimate of drug-likeness (QED) is 0.535. The fourth-order valence-electron chi connectivity index (χ4n) is 1.70. The van der Waals surface area contributed by atoms with E-state index < -0.39 is 0 Å². The highest BCUT2D eigenvalue weighted by Gasteiger charge is 2.09. The van der Waals surface area contributed by atoms with Crippen LogP contribution < -0.4 is 0 Å². The molecule has 0 unspecified atom stereocenters. The van der Waals surface area contributed by atoms with Crippen molar-refractivity contribution in [2.75, 3.05) is 0 Å². The molecule has 19 heavy (non-hydrogen) atoms. The molecule has 1 aromatic heterocycles. The third kappa shape index (κ3) is 3.20. The van der Waals surface area contributed by atoms with Crippen LogP contribution in [0, 0.1) is 11.3 Å². The second kappa shape index (κ2) is 6.16. The van der Waals surface area contributed by atoms with Gasteiger partial charge < -0.3 is 5.21 Å². The average molecular weight is 319 g/mol. The van der Waals surface area contributed by atoms with Crippen molar-refractivity contribution in [3.05, 3.63) is 40.5 Å². The van der Waals surface area contributed by atoms with Crippen molar-refractivity contribution in [2.24, 2.45) is 5.16 Å². The molecule has 0 radical (unpaired) electrons.